The van der Waals surface area contributed by atoms with Crippen molar-refractivity contribution in [2.45, 2.75) is 40.7 Å². The van der Waals surface area contributed by atoms with Gasteiger partial charge in [-0.3, -0.25) is 0 Å². The molecule has 0 aliphatic heterocycles. The van der Waals surface area contributed by atoms with Crippen molar-refractivity contribution in [1.29, 1.82) is 0 Å². The number of aromatic nitrogens is 3. The van der Waals surface area contributed by atoms with Crippen LogP contribution < -0.4 is 5.73 Å². The van der Waals surface area contributed by atoms with Crippen LogP contribution in [0.3, 0.4) is 0 Å². The van der Waals surface area contributed by atoms with Crippen molar-refractivity contribution in [1.82, 2.24) is 14.5 Å². The molecule has 0 amide bonds. The maximum Gasteiger partial charge on any atom is 0.344 e. The average molecular weight is 354 g/mol. The van der Waals surface area contributed by atoms with Crippen LogP contribution in [0.5, 0.6) is 0 Å². The monoisotopic (exact) mass is 354 g/mol. The molecule has 6 nitrogen and oxygen atoms in total. The highest BCUT2D eigenvalue weighted by Crippen LogP contribution is 2.29. The van der Waals surface area contributed by atoms with Gasteiger partial charge in [-0.15, -0.1) is 0 Å². The Morgan fingerprint density at radius 2 is 1.85 bits per heavy atom. The van der Waals surface area contributed by atoms with Gasteiger partial charge in [0.15, 0.2) is 5.65 Å². The molecule has 0 aliphatic carbocycles. The molecule has 3 rings (SSSR count). The molecule has 1 aromatic carbocycles. The molecule has 1 atom stereocenters. The van der Waals surface area contributed by atoms with E-state index in [1.54, 1.807) is 0 Å². The Kier molecular flexibility index (Phi) is 5.11. The molecule has 0 fully saturated rings. The van der Waals surface area contributed by atoms with Gasteiger partial charge < -0.3 is 15.0 Å². The number of anilines is 1. The third-order valence-corrected chi connectivity index (χ3v) is 4.54. The summed E-state index contributed by atoms with van der Waals surface area (Å²) in [7, 11) is 0. The Morgan fingerprint density at radius 3 is 2.46 bits per heavy atom. The molecule has 0 saturated heterocycles. The van der Waals surface area contributed by atoms with Gasteiger partial charge in [-0.05, 0) is 24.0 Å². The summed E-state index contributed by atoms with van der Waals surface area (Å²) in [5, 5.41) is 0. The first-order valence-corrected chi connectivity index (χ1v) is 9.13. The fourth-order valence-electron chi connectivity index (χ4n) is 2.88. The number of ether oxygens (including phenoxy) is 1. The number of rotatable bonds is 6. The van der Waals surface area contributed by atoms with Crippen LogP contribution in [0.1, 0.15) is 44.5 Å². The van der Waals surface area contributed by atoms with E-state index in [0.29, 0.717) is 47.5 Å². The van der Waals surface area contributed by atoms with E-state index in [1.165, 1.54) is 0 Å². The lowest BCUT2D eigenvalue weighted by Crippen LogP contribution is -2.14. The quantitative estimate of drug-likeness (QED) is 0.676. The lowest BCUT2D eigenvalue weighted by Gasteiger charge is -2.11. The Balaban J connectivity index is 2.15. The normalized spacial score (nSPS) is 12.8. The Hall–Kier alpha value is -2.63. The molecule has 2 aromatic heterocycles. The standard InChI is InChI=1S/C20H26N4O2/c1-5-13(4)11-26-20(25)16-17-19(24(18(16)21)10-12(2)3)23-15-9-7-6-8-14(15)22-17/h6-9,12-13H,5,10-11,21H2,1-4H3. The van der Waals surface area contributed by atoms with Crippen LogP contribution in [0.15, 0.2) is 24.3 Å². The molecular formula is C20H26N4O2. The van der Waals surface area contributed by atoms with Gasteiger partial charge in [-0.2, -0.15) is 0 Å². The maximum atomic E-state index is 12.8. The van der Waals surface area contributed by atoms with E-state index in [2.05, 4.69) is 25.8 Å². The molecule has 0 spiro atoms. The topological polar surface area (TPSA) is 83.0 Å². The van der Waals surface area contributed by atoms with Gasteiger partial charge in [0.25, 0.3) is 0 Å². The SMILES string of the molecule is CCC(C)COC(=O)c1c(N)n(CC(C)C)c2nc3ccccc3nc12. The van der Waals surface area contributed by atoms with E-state index in [1.807, 2.05) is 35.8 Å². The Morgan fingerprint density at radius 1 is 1.19 bits per heavy atom. The molecule has 0 radical (unpaired) electrons. The lowest BCUT2D eigenvalue weighted by molar-refractivity contribution is 0.0450. The molecule has 6 heteroatoms. The first-order valence-electron chi connectivity index (χ1n) is 9.13. The summed E-state index contributed by atoms with van der Waals surface area (Å²) in [5.41, 5.74) is 9.32. The van der Waals surface area contributed by atoms with Crippen LogP contribution in [0.2, 0.25) is 0 Å². The van der Waals surface area contributed by atoms with Crippen molar-refractivity contribution >= 4 is 34.0 Å². The molecule has 2 heterocycles. The number of nitrogen functional groups attached to an aromatic ring is 1. The van der Waals surface area contributed by atoms with E-state index < -0.39 is 5.97 Å². The second-order valence-electron chi connectivity index (χ2n) is 7.26. The largest absolute Gasteiger partial charge is 0.462 e. The van der Waals surface area contributed by atoms with Gasteiger partial charge in [-0.1, -0.05) is 46.2 Å². The summed E-state index contributed by atoms with van der Waals surface area (Å²) in [6, 6.07) is 7.61. The van der Waals surface area contributed by atoms with Gasteiger partial charge in [0, 0.05) is 6.54 Å². The summed E-state index contributed by atoms with van der Waals surface area (Å²) in [6.45, 7) is 9.34. The fraction of sp³-hybridized carbons (Fsp3) is 0.450. The van der Waals surface area contributed by atoms with Crippen molar-refractivity contribution in [3.63, 3.8) is 0 Å². The smallest absolute Gasteiger partial charge is 0.344 e. The third-order valence-electron chi connectivity index (χ3n) is 4.54. The lowest BCUT2D eigenvalue weighted by atomic mass is 10.1. The number of esters is 1. The minimum absolute atomic E-state index is 0.302. The van der Waals surface area contributed by atoms with Crippen molar-refractivity contribution in [2.75, 3.05) is 12.3 Å². The summed E-state index contributed by atoms with van der Waals surface area (Å²) in [6.07, 6.45) is 0.947. The molecule has 0 aliphatic rings. The zero-order valence-electron chi connectivity index (χ0n) is 15.8. The Bertz CT molecular complexity index is 946. The molecule has 3 aromatic rings. The number of carbonyl (C=O) groups excluding carboxylic acids is 1. The van der Waals surface area contributed by atoms with Crippen LogP contribution in [0.4, 0.5) is 5.82 Å². The number of carbonyl (C=O) groups is 1. The molecular weight excluding hydrogens is 328 g/mol. The maximum absolute atomic E-state index is 12.8. The van der Waals surface area contributed by atoms with Crippen molar-refractivity contribution in [3.05, 3.63) is 29.8 Å². The molecule has 138 valence electrons. The number of nitrogens with zero attached hydrogens (tertiary/aromatic N) is 3. The first-order chi connectivity index (χ1) is 12.4. The highest BCUT2D eigenvalue weighted by Gasteiger charge is 2.25. The van der Waals surface area contributed by atoms with E-state index in [-0.39, 0.29) is 0 Å². The van der Waals surface area contributed by atoms with Crippen LogP contribution in [-0.4, -0.2) is 27.1 Å². The van der Waals surface area contributed by atoms with Crippen molar-refractivity contribution in [3.8, 4) is 0 Å². The number of para-hydroxylation sites is 2. The number of fused-ring (bicyclic) bond motifs is 2. The second kappa shape index (κ2) is 7.32. The predicted molar refractivity (Wildman–Crippen MR) is 104 cm³/mol. The highest BCUT2D eigenvalue weighted by atomic mass is 16.5. The van der Waals surface area contributed by atoms with Crippen LogP contribution in [0.25, 0.3) is 22.2 Å². The zero-order chi connectivity index (χ0) is 18.8. The molecule has 1 unspecified atom stereocenters. The minimum Gasteiger partial charge on any atom is -0.462 e. The molecule has 26 heavy (non-hydrogen) atoms. The summed E-state index contributed by atoms with van der Waals surface area (Å²) in [5.74, 6) is 0.597. The van der Waals surface area contributed by atoms with Crippen molar-refractivity contribution in [2.24, 2.45) is 11.8 Å². The Labute approximate surface area is 153 Å². The average Bonchev–Trinajstić information content (AvgIpc) is 2.88. The van der Waals surface area contributed by atoms with E-state index in [4.69, 9.17) is 15.5 Å². The number of benzene rings is 1. The first kappa shape index (κ1) is 18.2. The fourth-order valence-corrected chi connectivity index (χ4v) is 2.88. The molecule has 2 N–H and O–H groups in total. The van der Waals surface area contributed by atoms with Crippen molar-refractivity contribution < 1.29 is 9.53 Å². The van der Waals surface area contributed by atoms with Gasteiger partial charge in [0.1, 0.15) is 16.9 Å². The van der Waals surface area contributed by atoms with Gasteiger partial charge in [0.05, 0.1) is 17.6 Å². The van der Waals surface area contributed by atoms with Gasteiger partial charge >= 0.3 is 5.97 Å². The van der Waals surface area contributed by atoms with E-state index in [0.717, 1.165) is 17.5 Å². The van der Waals surface area contributed by atoms with Crippen LogP contribution >= 0.6 is 0 Å². The summed E-state index contributed by atoms with van der Waals surface area (Å²) >= 11 is 0. The second-order valence-corrected chi connectivity index (χ2v) is 7.26. The number of nitrogens with two attached hydrogens (primary N) is 1. The summed E-state index contributed by atoms with van der Waals surface area (Å²) < 4.78 is 7.37. The number of hydrogen-bond donors (Lipinski definition) is 1. The molecule has 0 saturated carbocycles. The number of hydrogen-bond acceptors (Lipinski definition) is 5. The molecule has 0 bridgehead atoms. The van der Waals surface area contributed by atoms with Crippen LogP contribution in [0, 0.1) is 11.8 Å². The third kappa shape index (κ3) is 3.36. The minimum atomic E-state index is -0.431. The predicted octanol–water partition coefficient (Wildman–Crippen LogP) is 4.03. The highest BCUT2D eigenvalue weighted by molar-refractivity contribution is 6.08. The van der Waals surface area contributed by atoms with Crippen LogP contribution in [-0.2, 0) is 11.3 Å². The summed E-state index contributed by atoms with van der Waals surface area (Å²) in [4.78, 5) is 22.1. The van der Waals surface area contributed by atoms with E-state index in [9.17, 15) is 4.79 Å². The zero-order valence-corrected chi connectivity index (χ0v) is 15.8. The van der Waals surface area contributed by atoms with Gasteiger partial charge in [-0.25, -0.2) is 14.8 Å². The van der Waals surface area contributed by atoms with E-state index >= 15 is 0 Å². The van der Waals surface area contributed by atoms with Gasteiger partial charge in [0.2, 0.25) is 0 Å².